The molecule has 1 aliphatic heterocycles. The fourth-order valence-corrected chi connectivity index (χ4v) is 2.82. The van der Waals surface area contributed by atoms with Crippen LogP contribution in [-0.2, 0) is 0 Å². The SMILES string of the molecule is CCO.CN(O)C1CN(C(c2ccccc2)c2ccccc2)C1. The van der Waals surface area contributed by atoms with Crippen LogP contribution in [0.2, 0.25) is 0 Å². The highest BCUT2D eigenvalue weighted by atomic mass is 16.5. The summed E-state index contributed by atoms with van der Waals surface area (Å²) in [5.41, 5.74) is 2.61. The van der Waals surface area contributed by atoms with Gasteiger partial charge in [0.1, 0.15) is 0 Å². The standard InChI is InChI=1S/C17H20N2O.C2H6O/c1-18(20)16-12-19(13-16)17(14-8-4-2-5-9-14)15-10-6-3-7-11-15;1-2-3/h2-11,16-17,20H,12-13H2,1H3;3H,2H2,1H3. The number of likely N-dealkylation sites (tertiary alicyclic amines) is 1. The highest BCUT2D eigenvalue weighted by Crippen LogP contribution is 2.32. The molecule has 0 spiro atoms. The summed E-state index contributed by atoms with van der Waals surface area (Å²) in [6.07, 6.45) is 0. The number of likely N-dealkylation sites (N-methyl/N-ethyl adjacent to an activating group) is 1. The molecule has 0 aliphatic carbocycles. The van der Waals surface area contributed by atoms with E-state index in [2.05, 4.69) is 53.4 Å². The number of aliphatic hydroxyl groups is 1. The summed E-state index contributed by atoms with van der Waals surface area (Å²) >= 11 is 0. The highest BCUT2D eigenvalue weighted by molar-refractivity contribution is 5.32. The van der Waals surface area contributed by atoms with Crippen molar-refractivity contribution < 1.29 is 10.3 Å². The third-order valence-corrected chi connectivity index (χ3v) is 4.01. The lowest BCUT2D eigenvalue weighted by molar-refractivity contribution is -0.149. The summed E-state index contributed by atoms with van der Waals surface area (Å²) in [4.78, 5) is 2.40. The molecule has 0 saturated carbocycles. The van der Waals surface area contributed by atoms with Gasteiger partial charge >= 0.3 is 0 Å². The van der Waals surface area contributed by atoms with E-state index in [1.165, 1.54) is 16.2 Å². The van der Waals surface area contributed by atoms with Crippen molar-refractivity contribution >= 4 is 0 Å². The maximum atomic E-state index is 9.52. The second-order valence-electron chi connectivity index (χ2n) is 5.72. The van der Waals surface area contributed by atoms with Gasteiger partial charge in [0.05, 0.1) is 12.1 Å². The van der Waals surface area contributed by atoms with Crippen LogP contribution in [0.4, 0.5) is 0 Å². The Kier molecular flexibility index (Phi) is 6.74. The van der Waals surface area contributed by atoms with Gasteiger partial charge in [-0.1, -0.05) is 60.7 Å². The van der Waals surface area contributed by atoms with Gasteiger partial charge in [-0.15, -0.1) is 0 Å². The number of nitrogens with zero attached hydrogens (tertiary/aromatic N) is 2. The topological polar surface area (TPSA) is 46.9 Å². The molecule has 2 N–H and O–H groups in total. The van der Waals surface area contributed by atoms with E-state index in [9.17, 15) is 5.21 Å². The number of hydrogen-bond donors (Lipinski definition) is 2. The molecule has 1 heterocycles. The summed E-state index contributed by atoms with van der Waals surface area (Å²) in [6.45, 7) is 3.71. The van der Waals surface area contributed by atoms with E-state index in [1.54, 1.807) is 14.0 Å². The first-order chi connectivity index (χ1) is 11.2. The van der Waals surface area contributed by atoms with Crippen LogP contribution in [0.25, 0.3) is 0 Å². The molecule has 0 aromatic heterocycles. The fraction of sp³-hybridized carbons (Fsp3) is 0.368. The van der Waals surface area contributed by atoms with Gasteiger partial charge in [0, 0.05) is 26.7 Å². The Balaban J connectivity index is 0.000000595. The molecule has 1 saturated heterocycles. The molecular formula is C19H26N2O2. The largest absolute Gasteiger partial charge is 0.397 e. The van der Waals surface area contributed by atoms with E-state index >= 15 is 0 Å². The molecule has 0 radical (unpaired) electrons. The average molecular weight is 314 g/mol. The maximum Gasteiger partial charge on any atom is 0.0602 e. The zero-order valence-electron chi connectivity index (χ0n) is 13.8. The van der Waals surface area contributed by atoms with Crippen molar-refractivity contribution in [2.45, 2.75) is 19.0 Å². The average Bonchev–Trinajstić information content (AvgIpc) is 2.52. The first-order valence-electron chi connectivity index (χ1n) is 8.03. The summed E-state index contributed by atoms with van der Waals surface area (Å²) in [6, 6.07) is 21.6. The molecule has 0 unspecified atom stereocenters. The molecule has 3 rings (SSSR count). The van der Waals surface area contributed by atoms with Gasteiger partial charge < -0.3 is 10.3 Å². The molecule has 0 atom stereocenters. The van der Waals surface area contributed by atoms with Gasteiger partial charge in [0.15, 0.2) is 0 Å². The van der Waals surface area contributed by atoms with Crippen molar-refractivity contribution in [2.75, 3.05) is 26.7 Å². The van der Waals surface area contributed by atoms with Gasteiger partial charge in [-0.3, -0.25) is 4.90 Å². The molecule has 124 valence electrons. The van der Waals surface area contributed by atoms with Crippen molar-refractivity contribution in [1.29, 1.82) is 0 Å². The number of benzene rings is 2. The summed E-state index contributed by atoms with van der Waals surface area (Å²) in [5, 5.41) is 18.4. The Morgan fingerprint density at radius 2 is 1.39 bits per heavy atom. The van der Waals surface area contributed by atoms with E-state index in [0.29, 0.717) is 0 Å². The predicted octanol–water partition coefficient (Wildman–Crippen LogP) is 2.78. The number of hydrogen-bond acceptors (Lipinski definition) is 4. The van der Waals surface area contributed by atoms with Crippen LogP contribution in [0.5, 0.6) is 0 Å². The number of rotatable bonds is 4. The van der Waals surface area contributed by atoms with Gasteiger partial charge in [-0.05, 0) is 18.1 Å². The molecule has 4 heteroatoms. The zero-order chi connectivity index (χ0) is 16.7. The maximum absolute atomic E-state index is 9.52. The van der Waals surface area contributed by atoms with Crippen molar-refractivity contribution in [2.24, 2.45) is 0 Å². The molecule has 0 bridgehead atoms. The Bertz CT molecular complexity index is 515. The lowest BCUT2D eigenvalue weighted by atomic mass is 9.93. The lowest BCUT2D eigenvalue weighted by Crippen LogP contribution is -2.58. The predicted molar refractivity (Wildman–Crippen MR) is 92.4 cm³/mol. The van der Waals surface area contributed by atoms with Gasteiger partial charge in [0.25, 0.3) is 0 Å². The molecular weight excluding hydrogens is 288 g/mol. The van der Waals surface area contributed by atoms with Crippen LogP contribution in [0.15, 0.2) is 60.7 Å². The van der Waals surface area contributed by atoms with Crippen LogP contribution in [-0.4, -0.2) is 53.1 Å². The Hall–Kier alpha value is -1.72. The molecule has 1 fully saturated rings. The van der Waals surface area contributed by atoms with Crippen LogP contribution >= 0.6 is 0 Å². The van der Waals surface area contributed by atoms with E-state index in [0.717, 1.165) is 13.1 Å². The zero-order valence-corrected chi connectivity index (χ0v) is 13.8. The van der Waals surface area contributed by atoms with Crippen molar-refractivity contribution in [3.63, 3.8) is 0 Å². The molecule has 2 aromatic carbocycles. The number of hydroxylamine groups is 2. The van der Waals surface area contributed by atoms with Gasteiger partial charge in [-0.2, -0.15) is 5.06 Å². The van der Waals surface area contributed by atoms with E-state index in [1.807, 2.05) is 12.1 Å². The molecule has 2 aromatic rings. The second-order valence-corrected chi connectivity index (χ2v) is 5.72. The summed E-state index contributed by atoms with van der Waals surface area (Å²) in [5.74, 6) is 0. The first kappa shape index (κ1) is 17.6. The smallest absolute Gasteiger partial charge is 0.0602 e. The lowest BCUT2D eigenvalue weighted by Gasteiger charge is -2.46. The number of aliphatic hydroxyl groups excluding tert-OH is 1. The second kappa shape index (κ2) is 8.79. The third kappa shape index (κ3) is 4.62. The Labute approximate surface area is 138 Å². The fourth-order valence-electron chi connectivity index (χ4n) is 2.82. The monoisotopic (exact) mass is 314 g/mol. The van der Waals surface area contributed by atoms with Crippen molar-refractivity contribution in [3.8, 4) is 0 Å². The quantitative estimate of drug-likeness (QED) is 0.852. The van der Waals surface area contributed by atoms with Crippen LogP contribution < -0.4 is 0 Å². The van der Waals surface area contributed by atoms with E-state index in [-0.39, 0.29) is 18.7 Å². The molecule has 23 heavy (non-hydrogen) atoms. The molecule has 4 nitrogen and oxygen atoms in total. The van der Waals surface area contributed by atoms with Crippen molar-refractivity contribution in [3.05, 3.63) is 71.8 Å². The van der Waals surface area contributed by atoms with Crippen molar-refractivity contribution in [1.82, 2.24) is 9.96 Å². The van der Waals surface area contributed by atoms with E-state index < -0.39 is 0 Å². The first-order valence-corrected chi connectivity index (χ1v) is 8.03. The van der Waals surface area contributed by atoms with Gasteiger partial charge in [-0.25, -0.2) is 0 Å². The van der Waals surface area contributed by atoms with E-state index in [4.69, 9.17) is 5.11 Å². The third-order valence-electron chi connectivity index (χ3n) is 4.01. The summed E-state index contributed by atoms with van der Waals surface area (Å²) < 4.78 is 0. The van der Waals surface area contributed by atoms with Crippen LogP contribution in [0.1, 0.15) is 24.1 Å². The van der Waals surface area contributed by atoms with Crippen LogP contribution in [0.3, 0.4) is 0 Å². The van der Waals surface area contributed by atoms with Gasteiger partial charge in [0.2, 0.25) is 0 Å². The normalized spacial score (nSPS) is 15.2. The molecule has 0 amide bonds. The Morgan fingerprint density at radius 1 is 1.00 bits per heavy atom. The minimum atomic E-state index is 0.241. The van der Waals surface area contributed by atoms with Crippen LogP contribution in [0, 0.1) is 0 Å². The highest BCUT2D eigenvalue weighted by Gasteiger charge is 2.35. The minimum Gasteiger partial charge on any atom is -0.397 e. The molecule has 1 aliphatic rings. The minimum absolute atomic E-state index is 0.241. The summed E-state index contributed by atoms with van der Waals surface area (Å²) in [7, 11) is 1.72. The Morgan fingerprint density at radius 3 is 1.74 bits per heavy atom.